The van der Waals surface area contributed by atoms with Crippen LogP contribution in [0.5, 0.6) is 5.75 Å². The molecule has 2 fully saturated rings. The van der Waals surface area contributed by atoms with Gasteiger partial charge in [-0.25, -0.2) is 0 Å². The van der Waals surface area contributed by atoms with Crippen molar-refractivity contribution in [2.75, 3.05) is 24.7 Å². The van der Waals surface area contributed by atoms with E-state index in [2.05, 4.69) is 29.6 Å². The van der Waals surface area contributed by atoms with E-state index in [1.54, 1.807) is 0 Å². The van der Waals surface area contributed by atoms with Gasteiger partial charge in [0.25, 0.3) is 0 Å². The van der Waals surface area contributed by atoms with E-state index in [0.29, 0.717) is 12.1 Å². The summed E-state index contributed by atoms with van der Waals surface area (Å²) in [5, 5.41) is 3.90. The summed E-state index contributed by atoms with van der Waals surface area (Å²) in [6.07, 6.45) is 4.59. The minimum Gasteiger partial charge on any atom is -0.493 e. The van der Waals surface area contributed by atoms with E-state index in [9.17, 15) is 0 Å². The molecule has 3 nitrogen and oxygen atoms in total. The van der Waals surface area contributed by atoms with Crippen LogP contribution in [0.3, 0.4) is 0 Å². The highest BCUT2D eigenvalue weighted by Crippen LogP contribution is 2.39. The Balaban J connectivity index is 1.46. The Hall–Kier alpha value is -0.710. The van der Waals surface area contributed by atoms with Crippen LogP contribution < -0.4 is 10.1 Å². The number of ether oxygens (including phenoxy) is 2. The van der Waals surface area contributed by atoms with Gasteiger partial charge in [-0.15, -0.1) is 0 Å². The molecular weight excluding hydrogens is 282 g/mol. The Labute approximate surface area is 130 Å². The van der Waals surface area contributed by atoms with Gasteiger partial charge in [-0.2, -0.15) is 11.8 Å². The quantitative estimate of drug-likeness (QED) is 0.909. The number of rotatable bonds is 2. The predicted octanol–water partition coefficient (Wildman–Crippen LogP) is 3.15. The zero-order valence-corrected chi connectivity index (χ0v) is 13.2. The third-order valence-electron chi connectivity index (χ3n) is 4.96. The van der Waals surface area contributed by atoms with Gasteiger partial charge in [0.05, 0.1) is 12.2 Å². The highest BCUT2D eigenvalue weighted by Gasteiger charge is 2.41. The van der Waals surface area contributed by atoms with Crippen molar-refractivity contribution in [2.24, 2.45) is 0 Å². The fraction of sp³-hybridized carbons (Fsp3) is 0.647. The summed E-state index contributed by atoms with van der Waals surface area (Å²) in [6, 6.07) is 9.47. The number of thioether (sulfide) groups is 1. The summed E-state index contributed by atoms with van der Waals surface area (Å²) in [5.41, 5.74) is 1.48. The second-order valence-electron chi connectivity index (χ2n) is 6.42. The van der Waals surface area contributed by atoms with Crippen LogP contribution in [0.4, 0.5) is 0 Å². The van der Waals surface area contributed by atoms with Gasteiger partial charge in [0.15, 0.2) is 0 Å². The van der Waals surface area contributed by atoms with Crippen molar-refractivity contribution in [2.45, 2.75) is 43.4 Å². The first-order chi connectivity index (χ1) is 10.3. The molecule has 0 saturated carbocycles. The van der Waals surface area contributed by atoms with Crippen molar-refractivity contribution >= 4 is 11.8 Å². The smallest absolute Gasteiger partial charge is 0.124 e. The normalized spacial score (nSPS) is 35.4. The molecule has 3 aliphatic rings. The molecular formula is C17H23NO2S. The minimum absolute atomic E-state index is 0.158. The van der Waals surface area contributed by atoms with E-state index in [1.807, 2.05) is 11.8 Å². The predicted molar refractivity (Wildman–Crippen MR) is 86.1 cm³/mol. The Bertz CT molecular complexity index is 501. The van der Waals surface area contributed by atoms with E-state index in [4.69, 9.17) is 9.47 Å². The van der Waals surface area contributed by atoms with Gasteiger partial charge in [0.1, 0.15) is 5.75 Å². The maximum atomic E-state index is 6.13. The maximum absolute atomic E-state index is 6.13. The van der Waals surface area contributed by atoms with Gasteiger partial charge >= 0.3 is 0 Å². The lowest BCUT2D eigenvalue weighted by Gasteiger charge is -2.40. The summed E-state index contributed by atoms with van der Waals surface area (Å²) < 4.78 is 11.9. The first-order valence-corrected chi connectivity index (χ1v) is 9.20. The summed E-state index contributed by atoms with van der Waals surface area (Å²) in [6.45, 7) is 1.72. The molecule has 0 radical (unpaired) electrons. The van der Waals surface area contributed by atoms with E-state index < -0.39 is 0 Å². The van der Waals surface area contributed by atoms with Crippen LogP contribution in [-0.2, 0) is 4.74 Å². The Morgan fingerprint density at radius 2 is 2.14 bits per heavy atom. The SMILES string of the molecule is c1ccc2c(c1)OCCC2NC1CCOC2(CCSC2)C1. The van der Waals surface area contributed by atoms with Gasteiger partial charge < -0.3 is 14.8 Å². The molecule has 3 heterocycles. The molecule has 1 spiro atoms. The monoisotopic (exact) mass is 305 g/mol. The van der Waals surface area contributed by atoms with Crippen LogP contribution >= 0.6 is 11.8 Å². The van der Waals surface area contributed by atoms with Crippen molar-refractivity contribution in [3.05, 3.63) is 29.8 Å². The molecule has 1 N–H and O–H groups in total. The van der Waals surface area contributed by atoms with Crippen LogP contribution in [0.1, 0.15) is 37.3 Å². The molecule has 3 atom stereocenters. The van der Waals surface area contributed by atoms with Crippen molar-refractivity contribution in [1.82, 2.24) is 5.32 Å². The van der Waals surface area contributed by atoms with E-state index in [-0.39, 0.29) is 5.60 Å². The number of nitrogens with one attached hydrogen (secondary N) is 1. The Morgan fingerprint density at radius 1 is 1.19 bits per heavy atom. The molecule has 0 aromatic heterocycles. The summed E-state index contributed by atoms with van der Waals surface area (Å²) in [7, 11) is 0. The molecule has 3 unspecified atom stereocenters. The fourth-order valence-corrected chi connectivity index (χ4v) is 5.21. The van der Waals surface area contributed by atoms with Crippen molar-refractivity contribution < 1.29 is 9.47 Å². The standard InChI is InChI=1S/C17H23NO2S/c1-2-4-16-14(3-1)15(6-8-19-16)18-13-5-9-20-17(11-13)7-10-21-12-17/h1-4,13,15,18H,5-12H2. The second-order valence-corrected chi connectivity index (χ2v) is 7.52. The second kappa shape index (κ2) is 5.82. The van der Waals surface area contributed by atoms with Gasteiger partial charge in [-0.05, 0) is 31.1 Å². The van der Waals surface area contributed by atoms with Crippen molar-refractivity contribution in [1.29, 1.82) is 0 Å². The third kappa shape index (κ3) is 2.81. The zero-order chi connectivity index (χ0) is 14.1. The van der Waals surface area contributed by atoms with Crippen LogP contribution in [0.15, 0.2) is 24.3 Å². The highest BCUT2D eigenvalue weighted by molar-refractivity contribution is 7.99. The number of benzene rings is 1. The molecule has 21 heavy (non-hydrogen) atoms. The Kier molecular flexibility index (Phi) is 3.86. The highest BCUT2D eigenvalue weighted by atomic mass is 32.2. The lowest BCUT2D eigenvalue weighted by atomic mass is 9.88. The van der Waals surface area contributed by atoms with Crippen LogP contribution in [-0.4, -0.2) is 36.4 Å². The van der Waals surface area contributed by atoms with Gasteiger partial charge in [-0.3, -0.25) is 0 Å². The minimum atomic E-state index is 0.158. The van der Waals surface area contributed by atoms with Crippen LogP contribution in [0, 0.1) is 0 Å². The van der Waals surface area contributed by atoms with E-state index >= 15 is 0 Å². The zero-order valence-electron chi connectivity index (χ0n) is 12.3. The van der Waals surface area contributed by atoms with Crippen molar-refractivity contribution in [3.63, 3.8) is 0 Å². The largest absolute Gasteiger partial charge is 0.493 e. The average molecular weight is 305 g/mol. The van der Waals surface area contributed by atoms with E-state index in [1.165, 1.54) is 29.9 Å². The van der Waals surface area contributed by atoms with Crippen molar-refractivity contribution in [3.8, 4) is 5.75 Å². The molecule has 114 valence electrons. The number of para-hydroxylation sites is 1. The lowest BCUT2D eigenvalue weighted by Crippen LogP contribution is -2.48. The van der Waals surface area contributed by atoms with E-state index in [0.717, 1.165) is 31.8 Å². The number of hydrogen-bond donors (Lipinski definition) is 1. The maximum Gasteiger partial charge on any atom is 0.124 e. The van der Waals surface area contributed by atoms with Crippen LogP contribution in [0.2, 0.25) is 0 Å². The van der Waals surface area contributed by atoms with Crippen LogP contribution in [0.25, 0.3) is 0 Å². The molecule has 4 rings (SSSR count). The molecule has 2 saturated heterocycles. The van der Waals surface area contributed by atoms with Gasteiger partial charge in [0, 0.05) is 36.4 Å². The lowest BCUT2D eigenvalue weighted by molar-refractivity contribution is -0.0718. The fourth-order valence-electron chi connectivity index (χ4n) is 3.83. The first-order valence-electron chi connectivity index (χ1n) is 8.04. The molecule has 0 amide bonds. The summed E-state index contributed by atoms with van der Waals surface area (Å²) >= 11 is 2.04. The molecule has 3 aliphatic heterocycles. The molecule has 1 aromatic rings. The summed E-state index contributed by atoms with van der Waals surface area (Å²) in [5.74, 6) is 3.49. The Morgan fingerprint density at radius 3 is 3.05 bits per heavy atom. The first kappa shape index (κ1) is 13.9. The summed E-state index contributed by atoms with van der Waals surface area (Å²) in [4.78, 5) is 0. The average Bonchev–Trinajstić information content (AvgIpc) is 2.95. The molecule has 0 aliphatic carbocycles. The number of hydrogen-bond acceptors (Lipinski definition) is 4. The molecule has 4 heteroatoms. The number of fused-ring (bicyclic) bond motifs is 1. The van der Waals surface area contributed by atoms with Gasteiger partial charge in [-0.1, -0.05) is 18.2 Å². The van der Waals surface area contributed by atoms with Gasteiger partial charge in [0.2, 0.25) is 0 Å². The topological polar surface area (TPSA) is 30.5 Å². The third-order valence-corrected chi connectivity index (χ3v) is 6.18. The molecule has 1 aromatic carbocycles. The molecule has 0 bridgehead atoms.